The van der Waals surface area contributed by atoms with Crippen LogP contribution in [0.5, 0.6) is 0 Å². The summed E-state index contributed by atoms with van der Waals surface area (Å²) in [6.07, 6.45) is 0. The maximum atomic E-state index is 13.3. The van der Waals surface area contributed by atoms with E-state index in [0.717, 1.165) is 11.1 Å². The molecule has 0 saturated heterocycles. The van der Waals surface area contributed by atoms with Gasteiger partial charge in [0.1, 0.15) is 11.6 Å². The van der Waals surface area contributed by atoms with Crippen LogP contribution in [-0.4, -0.2) is 18.1 Å². The highest BCUT2D eigenvalue weighted by Crippen LogP contribution is 2.10. The molecule has 2 rings (SSSR count). The number of hydrogen-bond acceptors (Lipinski definition) is 2. The van der Waals surface area contributed by atoms with E-state index in [0.29, 0.717) is 19.0 Å². The molecule has 122 valence electrons. The molecule has 0 spiro atoms. The van der Waals surface area contributed by atoms with Gasteiger partial charge >= 0.3 is 0 Å². The molecule has 0 aliphatic heterocycles. The van der Waals surface area contributed by atoms with Crippen LogP contribution in [0.2, 0.25) is 0 Å². The van der Waals surface area contributed by atoms with Gasteiger partial charge in [0.2, 0.25) is 0 Å². The minimum Gasteiger partial charge on any atom is -0.392 e. The summed E-state index contributed by atoms with van der Waals surface area (Å²) in [6, 6.07) is 10.8. The van der Waals surface area contributed by atoms with Gasteiger partial charge in [-0.15, -0.1) is 0 Å². The smallest absolute Gasteiger partial charge is 0.191 e. The van der Waals surface area contributed by atoms with Crippen molar-refractivity contribution in [2.24, 2.45) is 4.99 Å². The van der Waals surface area contributed by atoms with Gasteiger partial charge in [-0.2, -0.15) is 0 Å². The largest absolute Gasteiger partial charge is 0.392 e. The molecule has 0 aliphatic rings. The minimum absolute atomic E-state index is 0.263. The molecule has 0 saturated carbocycles. The molecule has 0 fully saturated rings. The van der Waals surface area contributed by atoms with Crippen LogP contribution >= 0.6 is 0 Å². The second kappa shape index (κ2) is 8.24. The SMILES string of the molecule is CN=C(NCc1ccc(F)cc1)NCc1ccc(F)c(CO)c1. The van der Waals surface area contributed by atoms with Crippen LogP contribution in [0.3, 0.4) is 0 Å². The third-order valence-corrected chi connectivity index (χ3v) is 3.34. The summed E-state index contributed by atoms with van der Waals surface area (Å²) in [4.78, 5) is 4.09. The first-order valence-corrected chi connectivity index (χ1v) is 7.19. The van der Waals surface area contributed by atoms with Gasteiger partial charge in [0.25, 0.3) is 0 Å². The van der Waals surface area contributed by atoms with Crippen LogP contribution < -0.4 is 10.6 Å². The maximum absolute atomic E-state index is 13.3. The zero-order chi connectivity index (χ0) is 16.7. The number of nitrogens with one attached hydrogen (secondary N) is 2. The molecule has 0 aliphatic carbocycles. The number of hydrogen-bond donors (Lipinski definition) is 3. The topological polar surface area (TPSA) is 56.7 Å². The van der Waals surface area contributed by atoms with Gasteiger partial charge in [0, 0.05) is 25.7 Å². The fourth-order valence-corrected chi connectivity index (χ4v) is 2.05. The summed E-state index contributed by atoms with van der Waals surface area (Å²) in [5.41, 5.74) is 2.03. The lowest BCUT2D eigenvalue weighted by Gasteiger charge is -2.12. The van der Waals surface area contributed by atoms with Crippen molar-refractivity contribution in [3.8, 4) is 0 Å². The quantitative estimate of drug-likeness (QED) is 0.586. The van der Waals surface area contributed by atoms with E-state index in [4.69, 9.17) is 5.11 Å². The molecule has 2 aromatic carbocycles. The van der Waals surface area contributed by atoms with Gasteiger partial charge in [-0.25, -0.2) is 8.78 Å². The number of guanidine groups is 1. The maximum Gasteiger partial charge on any atom is 0.191 e. The Bertz CT molecular complexity index is 672. The van der Waals surface area contributed by atoms with Crippen molar-refractivity contribution in [1.82, 2.24) is 10.6 Å². The average Bonchev–Trinajstić information content (AvgIpc) is 2.57. The van der Waals surface area contributed by atoms with Crippen LogP contribution in [0.25, 0.3) is 0 Å². The van der Waals surface area contributed by atoms with E-state index in [1.54, 1.807) is 31.3 Å². The molecule has 0 bridgehead atoms. The molecule has 4 nitrogen and oxygen atoms in total. The van der Waals surface area contributed by atoms with Gasteiger partial charge in [0.15, 0.2) is 5.96 Å². The Balaban J connectivity index is 1.89. The van der Waals surface area contributed by atoms with Crippen molar-refractivity contribution in [3.05, 3.63) is 70.8 Å². The van der Waals surface area contributed by atoms with Crippen molar-refractivity contribution >= 4 is 5.96 Å². The second-order valence-electron chi connectivity index (χ2n) is 4.99. The van der Waals surface area contributed by atoms with Crippen molar-refractivity contribution in [2.75, 3.05) is 7.05 Å². The summed E-state index contributed by atoms with van der Waals surface area (Å²) >= 11 is 0. The third-order valence-electron chi connectivity index (χ3n) is 3.34. The van der Waals surface area contributed by atoms with Crippen molar-refractivity contribution in [1.29, 1.82) is 0 Å². The van der Waals surface area contributed by atoms with E-state index in [-0.39, 0.29) is 18.0 Å². The number of aliphatic hydroxyl groups is 1. The lowest BCUT2D eigenvalue weighted by atomic mass is 10.1. The second-order valence-corrected chi connectivity index (χ2v) is 4.99. The highest BCUT2D eigenvalue weighted by molar-refractivity contribution is 5.79. The molecule has 0 heterocycles. The average molecular weight is 319 g/mol. The van der Waals surface area contributed by atoms with Crippen molar-refractivity contribution in [2.45, 2.75) is 19.7 Å². The fraction of sp³-hybridized carbons (Fsp3) is 0.235. The first kappa shape index (κ1) is 16.9. The van der Waals surface area contributed by atoms with E-state index in [9.17, 15) is 8.78 Å². The van der Waals surface area contributed by atoms with Crippen LogP contribution in [0.4, 0.5) is 8.78 Å². The van der Waals surface area contributed by atoms with E-state index in [1.165, 1.54) is 18.2 Å². The Morgan fingerprint density at radius 3 is 2.22 bits per heavy atom. The number of halogens is 2. The molecule has 0 unspecified atom stereocenters. The first-order valence-electron chi connectivity index (χ1n) is 7.19. The number of aliphatic hydroxyl groups excluding tert-OH is 1. The molecule has 0 aromatic heterocycles. The zero-order valence-corrected chi connectivity index (χ0v) is 12.8. The predicted octanol–water partition coefficient (Wildman–Crippen LogP) is 2.32. The molecule has 0 radical (unpaired) electrons. The van der Waals surface area contributed by atoms with Crippen molar-refractivity contribution < 1.29 is 13.9 Å². The zero-order valence-electron chi connectivity index (χ0n) is 12.8. The van der Waals surface area contributed by atoms with E-state index in [2.05, 4.69) is 15.6 Å². The van der Waals surface area contributed by atoms with Crippen LogP contribution in [0.15, 0.2) is 47.5 Å². The Morgan fingerprint density at radius 1 is 1.00 bits per heavy atom. The summed E-state index contributed by atoms with van der Waals surface area (Å²) in [6.45, 7) is 0.610. The Hall–Kier alpha value is -2.47. The first-order chi connectivity index (χ1) is 11.1. The highest BCUT2D eigenvalue weighted by atomic mass is 19.1. The summed E-state index contributed by atoms with van der Waals surface area (Å²) in [7, 11) is 1.64. The van der Waals surface area contributed by atoms with Crippen LogP contribution in [-0.2, 0) is 19.7 Å². The summed E-state index contributed by atoms with van der Waals surface area (Å²) in [5.74, 6) is -0.119. The lowest BCUT2D eigenvalue weighted by molar-refractivity contribution is 0.275. The van der Waals surface area contributed by atoms with E-state index < -0.39 is 5.82 Å². The molecular weight excluding hydrogens is 300 g/mol. The van der Waals surface area contributed by atoms with Crippen LogP contribution in [0.1, 0.15) is 16.7 Å². The predicted molar refractivity (Wildman–Crippen MR) is 85.8 cm³/mol. The minimum atomic E-state index is -0.421. The molecule has 0 amide bonds. The van der Waals surface area contributed by atoms with Gasteiger partial charge in [-0.05, 0) is 35.4 Å². The molecule has 23 heavy (non-hydrogen) atoms. The van der Waals surface area contributed by atoms with Gasteiger partial charge in [0.05, 0.1) is 6.61 Å². The molecular formula is C17H19F2N3O. The van der Waals surface area contributed by atoms with E-state index in [1.807, 2.05) is 0 Å². The number of rotatable bonds is 5. The lowest BCUT2D eigenvalue weighted by Crippen LogP contribution is -2.36. The molecule has 6 heteroatoms. The highest BCUT2D eigenvalue weighted by Gasteiger charge is 2.04. The molecule has 2 aromatic rings. The van der Waals surface area contributed by atoms with Gasteiger partial charge in [-0.1, -0.05) is 18.2 Å². The van der Waals surface area contributed by atoms with Crippen LogP contribution in [0, 0.1) is 11.6 Å². The Kier molecular flexibility index (Phi) is 6.05. The third kappa shape index (κ3) is 5.03. The van der Waals surface area contributed by atoms with Gasteiger partial charge < -0.3 is 15.7 Å². The Labute approximate surface area is 133 Å². The monoisotopic (exact) mass is 319 g/mol. The standard InChI is InChI=1S/C17H19F2N3O/c1-20-17(21-9-12-2-5-15(18)6-3-12)22-10-13-4-7-16(19)14(8-13)11-23/h2-8,23H,9-11H2,1H3,(H2,20,21,22). The number of benzene rings is 2. The number of aliphatic imine (C=N–C) groups is 1. The normalized spacial score (nSPS) is 11.4. The molecule has 0 atom stereocenters. The summed E-state index contributed by atoms with van der Waals surface area (Å²) < 4.78 is 26.2. The fourth-order valence-electron chi connectivity index (χ4n) is 2.05. The summed E-state index contributed by atoms with van der Waals surface area (Å²) in [5, 5.41) is 15.3. The van der Waals surface area contributed by atoms with Crippen molar-refractivity contribution in [3.63, 3.8) is 0 Å². The number of nitrogens with zero attached hydrogens (tertiary/aromatic N) is 1. The molecule has 3 N–H and O–H groups in total. The van der Waals surface area contributed by atoms with Gasteiger partial charge in [-0.3, -0.25) is 4.99 Å². The van der Waals surface area contributed by atoms with E-state index >= 15 is 0 Å². The Morgan fingerprint density at radius 2 is 1.61 bits per heavy atom.